The maximum atomic E-state index is 13.1. The zero-order valence-electron chi connectivity index (χ0n) is 34.0. The Kier molecular flexibility index (Phi) is 13.7. The van der Waals surface area contributed by atoms with Crippen LogP contribution in [0.1, 0.15) is 48.5 Å². The molecule has 0 heterocycles. The summed E-state index contributed by atoms with van der Waals surface area (Å²) < 4.78 is 41.4. The van der Waals surface area contributed by atoms with Crippen LogP contribution in [0, 0.1) is 0 Å². The van der Waals surface area contributed by atoms with Crippen LogP contribution >= 0.6 is 0 Å². The van der Waals surface area contributed by atoms with Gasteiger partial charge >= 0.3 is 11.9 Å². The summed E-state index contributed by atoms with van der Waals surface area (Å²) in [5.74, 6) is 1.90. The van der Waals surface area contributed by atoms with Gasteiger partial charge in [0.2, 0.25) is 5.75 Å². The van der Waals surface area contributed by atoms with E-state index in [0.717, 1.165) is 33.4 Å². The largest absolute Gasteiger partial charge is 0.497 e. The minimum atomic E-state index is -0.499. The Labute approximate surface area is 355 Å². The molecule has 61 heavy (non-hydrogen) atoms. The first-order valence-corrected chi connectivity index (χ1v) is 19.5. The first kappa shape index (κ1) is 41.4. The van der Waals surface area contributed by atoms with Gasteiger partial charge in [-0.25, -0.2) is 9.59 Å². The molecule has 0 aliphatic rings. The molecule has 0 fully saturated rings. The zero-order valence-corrected chi connectivity index (χ0v) is 34.0. The van der Waals surface area contributed by atoms with E-state index in [0.29, 0.717) is 57.8 Å². The molecule has 9 heteroatoms. The highest BCUT2D eigenvalue weighted by Crippen LogP contribution is 2.43. The van der Waals surface area contributed by atoms with Crippen LogP contribution in [0.5, 0.6) is 34.5 Å². The van der Waals surface area contributed by atoms with Crippen LogP contribution in [0.2, 0.25) is 0 Å². The number of carbonyl (C=O) groups is 2. The average molecular weight is 813 g/mol. The number of hydrogen-bond donors (Lipinski definition) is 0. The van der Waals surface area contributed by atoms with Crippen LogP contribution in [0.4, 0.5) is 0 Å². The third-order valence-corrected chi connectivity index (χ3v) is 9.66. The molecule has 7 rings (SSSR count). The van der Waals surface area contributed by atoms with Crippen LogP contribution in [-0.2, 0) is 29.3 Å². The van der Waals surface area contributed by atoms with E-state index < -0.39 is 11.9 Å². The van der Waals surface area contributed by atoms with Crippen molar-refractivity contribution in [2.45, 2.75) is 19.8 Å². The number of benzene rings is 7. The molecule has 0 N–H and O–H groups in total. The van der Waals surface area contributed by atoms with Gasteiger partial charge in [-0.05, 0) is 106 Å². The van der Waals surface area contributed by atoms with E-state index in [2.05, 4.69) is 0 Å². The van der Waals surface area contributed by atoms with Gasteiger partial charge in [0.1, 0.15) is 37.1 Å². The summed E-state index contributed by atoms with van der Waals surface area (Å²) in [6.07, 6.45) is 3.89. The second-order valence-corrected chi connectivity index (χ2v) is 13.8. The molecule has 0 atom stereocenters. The summed E-state index contributed by atoms with van der Waals surface area (Å²) >= 11 is 0. The monoisotopic (exact) mass is 812 g/mol. The molecule has 0 unspecified atom stereocenters. The van der Waals surface area contributed by atoms with Crippen LogP contribution in [0.15, 0.2) is 164 Å². The highest BCUT2D eigenvalue weighted by Gasteiger charge is 2.20. The number of esters is 2. The lowest BCUT2D eigenvalue weighted by atomic mass is 9.94. The lowest BCUT2D eigenvalue weighted by Crippen LogP contribution is -2.05. The van der Waals surface area contributed by atoms with Crippen LogP contribution < -0.4 is 23.7 Å². The molecule has 7 aromatic rings. The van der Waals surface area contributed by atoms with Crippen LogP contribution in [-0.4, -0.2) is 33.3 Å². The Morgan fingerprint density at radius 2 is 1.02 bits per heavy atom. The Hall–Kier alpha value is -7.78. The Balaban J connectivity index is 1.33. The predicted octanol–water partition coefficient (Wildman–Crippen LogP) is 11.6. The molecule has 0 spiro atoms. The van der Waals surface area contributed by atoms with Crippen molar-refractivity contribution in [3.05, 3.63) is 203 Å². The van der Waals surface area contributed by atoms with Crippen molar-refractivity contribution in [1.82, 2.24) is 0 Å². The van der Waals surface area contributed by atoms with Gasteiger partial charge in [-0.1, -0.05) is 109 Å². The Morgan fingerprint density at radius 1 is 0.475 bits per heavy atom. The van der Waals surface area contributed by atoms with E-state index >= 15 is 0 Å². The molecule has 306 valence electrons. The zero-order chi connectivity index (χ0) is 42.4. The number of ether oxygens (including phenoxy) is 7. The Bertz CT molecular complexity index is 2590. The van der Waals surface area contributed by atoms with E-state index in [-0.39, 0.29) is 13.2 Å². The topological polar surface area (TPSA) is 98.8 Å². The molecule has 0 aliphatic heterocycles. The van der Waals surface area contributed by atoms with E-state index in [4.69, 9.17) is 33.2 Å². The fourth-order valence-corrected chi connectivity index (χ4v) is 6.49. The van der Waals surface area contributed by atoms with Crippen LogP contribution in [0.25, 0.3) is 23.3 Å². The second-order valence-electron chi connectivity index (χ2n) is 13.8. The summed E-state index contributed by atoms with van der Waals surface area (Å²) in [6, 6.07) is 51.1. The highest BCUT2D eigenvalue weighted by molar-refractivity contribution is 5.99. The van der Waals surface area contributed by atoms with Crippen molar-refractivity contribution in [1.29, 1.82) is 0 Å². The predicted molar refractivity (Wildman–Crippen MR) is 235 cm³/mol. The van der Waals surface area contributed by atoms with E-state index in [1.807, 2.05) is 140 Å². The van der Waals surface area contributed by atoms with Gasteiger partial charge in [-0.15, -0.1) is 0 Å². The smallest absolute Gasteiger partial charge is 0.338 e. The van der Waals surface area contributed by atoms with Gasteiger partial charge in [0, 0.05) is 0 Å². The van der Waals surface area contributed by atoms with Crippen molar-refractivity contribution in [2.75, 3.05) is 21.3 Å². The summed E-state index contributed by atoms with van der Waals surface area (Å²) in [5, 5.41) is 0. The normalized spacial score (nSPS) is 10.8. The van der Waals surface area contributed by atoms with Gasteiger partial charge < -0.3 is 33.2 Å². The first-order chi connectivity index (χ1) is 29.9. The lowest BCUT2D eigenvalue weighted by Gasteiger charge is -2.18. The lowest BCUT2D eigenvalue weighted by molar-refractivity contribution is 0.0592. The molecular weight excluding hydrogens is 769 g/mol. The standard InChI is InChI=1S/C52H44O9/c1-55-43-25-28-46(47(32-43)52(54)57-3)45-27-26-44(58-33-36-13-7-4-8-14-36)31-41(45)20-19-39-29-48(59-34-37-15-9-5-10-16-37)50(60-35-38-17-11-6-12-18-38)49(30-39)61-42-23-21-40(22-24-42)51(53)56-2/h4-32H,33-35H2,1-3H3/b20-19-. The second kappa shape index (κ2) is 20.3. The van der Waals surface area contributed by atoms with Gasteiger partial charge in [0.15, 0.2) is 11.5 Å². The van der Waals surface area contributed by atoms with Crippen molar-refractivity contribution in [3.8, 4) is 45.6 Å². The third kappa shape index (κ3) is 10.8. The van der Waals surface area contributed by atoms with Crippen molar-refractivity contribution in [2.24, 2.45) is 0 Å². The minimum absolute atomic E-state index is 0.249. The molecule has 0 radical (unpaired) electrons. The third-order valence-electron chi connectivity index (χ3n) is 9.66. The van der Waals surface area contributed by atoms with Gasteiger partial charge in [0.25, 0.3) is 0 Å². The maximum absolute atomic E-state index is 13.1. The highest BCUT2D eigenvalue weighted by atomic mass is 16.5. The quantitative estimate of drug-likeness (QED) is 0.0657. The van der Waals surface area contributed by atoms with Crippen molar-refractivity contribution >= 4 is 24.1 Å². The van der Waals surface area contributed by atoms with Gasteiger partial charge in [0.05, 0.1) is 32.5 Å². The van der Waals surface area contributed by atoms with Crippen molar-refractivity contribution in [3.63, 3.8) is 0 Å². The first-order valence-electron chi connectivity index (χ1n) is 19.5. The SMILES string of the molecule is COC(=O)c1ccc(Oc2cc(/C=C\c3cc(OCc4ccccc4)ccc3-c3ccc(OC)cc3C(=O)OC)cc(OCc3ccccc3)c2OCc2ccccc2)cc1. The maximum Gasteiger partial charge on any atom is 0.338 e. The van der Waals surface area contributed by atoms with E-state index in [1.54, 1.807) is 43.5 Å². The molecule has 0 aromatic heterocycles. The summed E-state index contributed by atoms with van der Waals surface area (Å²) in [7, 11) is 4.24. The molecular formula is C52H44O9. The average Bonchev–Trinajstić information content (AvgIpc) is 3.32. The molecule has 9 nitrogen and oxygen atoms in total. The number of rotatable bonds is 17. The van der Waals surface area contributed by atoms with Crippen LogP contribution in [0.3, 0.4) is 0 Å². The van der Waals surface area contributed by atoms with Gasteiger partial charge in [-0.2, -0.15) is 0 Å². The fraction of sp³-hybridized carbons (Fsp3) is 0.115. The van der Waals surface area contributed by atoms with E-state index in [1.165, 1.54) is 14.2 Å². The molecule has 0 saturated heterocycles. The molecule has 0 saturated carbocycles. The Morgan fingerprint density at radius 3 is 1.62 bits per heavy atom. The molecule has 0 bridgehead atoms. The molecule has 0 aliphatic carbocycles. The minimum Gasteiger partial charge on any atom is -0.497 e. The number of methoxy groups -OCH3 is 3. The number of carbonyl (C=O) groups excluding carboxylic acids is 2. The van der Waals surface area contributed by atoms with Gasteiger partial charge in [-0.3, -0.25) is 0 Å². The molecule has 7 aromatic carbocycles. The van der Waals surface area contributed by atoms with E-state index in [9.17, 15) is 9.59 Å². The fourth-order valence-electron chi connectivity index (χ4n) is 6.49. The summed E-state index contributed by atoms with van der Waals surface area (Å²) in [5.41, 5.74) is 6.58. The number of hydrogen-bond acceptors (Lipinski definition) is 9. The summed E-state index contributed by atoms with van der Waals surface area (Å²) in [6.45, 7) is 0.883. The molecule has 0 amide bonds. The summed E-state index contributed by atoms with van der Waals surface area (Å²) in [4.78, 5) is 25.4. The van der Waals surface area contributed by atoms with Crippen molar-refractivity contribution < 1.29 is 42.7 Å².